The Morgan fingerprint density at radius 2 is 2.36 bits per heavy atom. The molecule has 22 heavy (non-hydrogen) atoms. The second-order valence-corrected chi connectivity index (χ2v) is 5.13. The van der Waals surface area contributed by atoms with Crippen molar-refractivity contribution in [1.82, 2.24) is 19.5 Å². The van der Waals surface area contributed by atoms with Gasteiger partial charge in [0.15, 0.2) is 17.4 Å². The summed E-state index contributed by atoms with van der Waals surface area (Å²) >= 11 is 0. The summed E-state index contributed by atoms with van der Waals surface area (Å²) in [5, 5.41) is 19.8. The molecule has 5 N–H and O–H groups in total. The zero-order valence-corrected chi connectivity index (χ0v) is 11.8. The highest BCUT2D eigenvalue weighted by atomic mass is 16.5. The third-order valence-electron chi connectivity index (χ3n) is 3.79. The van der Waals surface area contributed by atoms with Crippen molar-refractivity contribution in [2.75, 3.05) is 26.1 Å². The van der Waals surface area contributed by atoms with Crippen molar-refractivity contribution in [1.29, 1.82) is 0 Å². The van der Waals surface area contributed by atoms with E-state index in [1.165, 1.54) is 18.0 Å². The molecule has 1 aliphatic rings. The normalized spacial score (nSPS) is 28.5. The number of imidazole rings is 1. The number of anilines is 1. The number of ether oxygens (including phenoxy) is 2. The molecule has 1 fully saturated rings. The second kappa shape index (κ2) is 5.65. The number of hydrogen-bond donors (Lipinski definition) is 4. The van der Waals surface area contributed by atoms with E-state index < -0.39 is 29.9 Å². The van der Waals surface area contributed by atoms with E-state index in [4.69, 9.17) is 15.2 Å². The van der Waals surface area contributed by atoms with Crippen LogP contribution in [0.5, 0.6) is 0 Å². The van der Waals surface area contributed by atoms with Crippen molar-refractivity contribution >= 4 is 17.1 Å². The molecule has 1 saturated heterocycles. The lowest BCUT2D eigenvalue weighted by molar-refractivity contribution is -0.0498. The van der Waals surface area contributed by atoms with Crippen LogP contribution in [0.1, 0.15) is 6.23 Å². The van der Waals surface area contributed by atoms with E-state index in [0.717, 1.165) is 0 Å². The van der Waals surface area contributed by atoms with E-state index in [1.807, 2.05) is 0 Å². The molecular formula is C12H17N5O5. The zero-order valence-electron chi connectivity index (χ0n) is 11.8. The summed E-state index contributed by atoms with van der Waals surface area (Å²) in [5.41, 5.74) is 5.38. The number of aliphatic hydroxyl groups excluding tert-OH is 2. The van der Waals surface area contributed by atoms with Gasteiger partial charge >= 0.3 is 0 Å². The van der Waals surface area contributed by atoms with E-state index in [-0.39, 0.29) is 30.3 Å². The van der Waals surface area contributed by atoms with Gasteiger partial charge in [0.2, 0.25) is 5.95 Å². The Morgan fingerprint density at radius 3 is 3.05 bits per heavy atom. The van der Waals surface area contributed by atoms with Crippen LogP contribution in [0.3, 0.4) is 0 Å². The molecule has 1 aliphatic heterocycles. The summed E-state index contributed by atoms with van der Waals surface area (Å²) in [6.07, 6.45) is -1.02. The van der Waals surface area contributed by atoms with Gasteiger partial charge in [-0.1, -0.05) is 0 Å². The summed E-state index contributed by atoms with van der Waals surface area (Å²) in [4.78, 5) is 22.1. The molecule has 0 bridgehead atoms. The molecule has 3 rings (SSSR count). The minimum absolute atomic E-state index is 0.0566. The number of aromatic nitrogens is 4. The lowest BCUT2D eigenvalue weighted by Gasteiger charge is -2.18. The number of methoxy groups -OCH3 is 1. The van der Waals surface area contributed by atoms with Crippen LogP contribution in [0.2, 0.25) is 0 Å². The van der Waals surface area contributed by atoms with E-state index >= 15 is 0 Å². The van der Waals surface area contributed by atoms with Crippen LogP contribution in [0.15, 0.2) is 11.1 Å². The molecule has 0 aliphatic carbocycles. The second-order valence-electron chi connectivity index (χ2n) is 5.13. The topological polar surface area (TPSA) is 149 Å². The maximum Gasteiger partial charge on any atom is 0.280 e. The van der Waals surface area contributed by atoms with Crippen molar-refractivity contribution in [2.45, 2.75) is 18.4 Å². The molecule has 0 amide bonds. The summed E-state index contributed by atoms with van der Waals surface area (Å²) in [5.74, 6) is -0.462. The van der Waals surface area contributed by atoms with Crippen LogP contribution in [-0.2, 0) is 9.47 Å². The van der Waals surface area contributed by atoms with Gasteiger partial charge in [-0.05, 0) is 0 Å². The molecule has 2 aromatic rings. The third kappa shape index (κ3) is 2.25. The first-order valence-corrected chi connectivity index (χ1v) is 6.72. The maximum absolute atomic E-state index is 11.8. The van der Waals surface area contributed by atoms with E-state index in [1.54, 1.807) is 0 Å². The van der Waals surface area contributed by atoms with Crippen LogP contribution >= 0.6 is 0 Å². The minimum Gasteiger partial charge on any atom is -0.394 e. The number of nitrogens with two attached hydrogens (primary N) is 1. The third-order valence-corrected chi connectivity index (χ3v) is 3.79. The van der Waals surface area contributed by atoms with Crippen LogP contribution < -0.4 is 11.3 Å². The molecule has 0 spiro atoms. The summed E-state index contributed by atoms with van der Waals surface area (Å²) in [7, 11) is 1.50. The van der Waals surface area contributed by atoms with Crippen LogP contribution in [0.25, 0.3) is 11.2 Å². The van der Waals surface area contributed by atoms with E-state index in [0.29, 0.717) is 0 Å². The van der Waals surface area contributed by atoms with Crippen molar-refractivity contribution in [3.8, 4) is 0 Å². The Morgan fingerprint density at radius 1 is 1.59 bits per heavy atom. The molecule has 2 aromatic heterocycles. The molecule has 4 unspecified atom stereocenters. The quantitative estimate of drug-likeness (QED) is 0.517. The standard InChI is InChI=1S/C12H17N5O5/c1-21-3-5-6(2-18)22-11(8(5)19)17-4-14-7-9(17)15-12(13)16-10(7)20/h4-6,8,11,18-19H,2-3H2,1H3,(H3,13,15,16,20). The fourth-order valence-corrected chi connectivity index (χ4v) is 2.73. The number of aliphatic hydroxyl groups is 2. The van der Waals surface area contributed by atoms with E-state index in [9.17, 15) is 15.0 Å². The van der Waals surface area contributed by atoms with Gasteiger partial charge in [-0.25, -0.2) is 4.98 Å². The number of nitrogens with zero attached hydrogens (tertiary/aromatic N) is 3. The predicted molar refractivity (Wildman–Crippen MR) is 74.9 cm³/mol. The Hall–Kier alpha value is -2.01. The molecule has 120 valence electrons. The lowest BCUT2D eigenvalue weighted by Crippen LogP contribution is -2.31. The zero-order chi connectivity index (χ0) is 15.9. The first kappa shape index (κ1) is 14.9. The number of nitrogen functional groups attached to an aromatic ring is 1. The van der Waals surface area contributed by atoms with Gasteiger partial charge in [0.1, 0.15) is 6.10 Å². The van der Waals surface area contributed by atoms with Gasteiger partial charge in [-0.3, -0.25) is 14.3 Å². The van der Waals surface area contributed by atoms with Crippen LogP contribution in [0, 0.1) is 5.92 Å². The lowest BCUT2D eigenvalue weighted by atomic mass is 9.99. The highest BCUT2D eigenvalue weighted by Crippen LogP contribution is 2.35. The van der Waals surface area contributed by atoms with Gasteiger partial charge in [0.25, 0.3) is 5.56 Å². The highest BCUT2D eigenvalue weighted by molar-refractivity contribution is 5.70. The molecule has 0 aromatic carbocycles. The molecular weight excluding hydrogens is 294 g/mol. The van der Waals surface area contributed by atoms with E-state index in [2.05, 4.69) is 15.0 Å². The average Bonchev–Trinajstić information content (AvgIpc) is 3.02. The highest BCUT2D eigenvalue weighted by Gasteiger charge is 2.44. The Balaban J connectivity index is 2.03. The van der Waals surface area contributed by atoms with Gasteiger partial charge in [-0.15, -0.1) is 0 Å². The van der Waals surface area contributed by atoms with Crippen LogP contribution in [0.4, 0.5) is 5.95 Å². The Bertz CT molecular complexity index is 728. The summed E-state index contributed by atoms with van der Waals surface area (Å²) in [6.45, 7) is -0.0317. The van der Waals surface area contributed by atoms with Crippen molar-refractivity contribution in [3.63, 3.8) is 0 Å². The van der Waals surface area contributed by atoms with Crippen molar-refractivity contribution < 1.29 is 19.7 Å². The number of aromatic amines is 1. The predicted octanol–water partition coefficient (Wildman–Crippen LogP) is -1.78. The molecule has 0 saturated carbocycles. The SMILES string of the molecule is COCC1C(CO)OC(n2cnc3c(=O)[nH]c(N)nc32)C1O. The summed E-state index contributed by atoms with van der Waals surface area (Å²) < 4.78 is 12.2. The number of fused-ring (bicyclic) bond motifs is 1. The van der Waals surface area contributed by atoms with Crippen LogP contribution in [-0.4, -0.2) is 62.3 Å². The first-order valence-electron chi connectivity index (χ1n) is 6.72. The van der Waals surface area contributed by atoms with Gasteiger partial charge in [-0.2, -0.15) is 4.98 Å². The summed E-state index contributed by atoms with van der Waals surface area (Å²) in [6, 6.07) is 0. The fraction of sp³-hybridized carbons (Fsp3) is 0.583. The largest absolute Gasteiger partial charge is 0.394 e. The van der Waals surface area contributed by atoms with Crippen molar-refractivity contribution in [3.05, 3.63) is 16.7 Å². The number of H-pyrrole nitrogens is 1. The molecule has 4 atom stereocenters. The van der Waals surface area contributed by atoms with Gasteiger partial charge in [0, 0.05) is 13.0 Å². The fourth-order valence-electron chi connectivity index (χ4n) is 2.73. The minimum atomic E-state index is -0.947. The number of hydrogen-bond acceptors (Lipinski definition) is 8. The monoisotopic (exact) mass is 311 g/mol. The Labute approximate surface area is 124 Å². The molecule has 10 heteroatoms. The first-order chi connectivity index (χ1) is 10.6. The Kier molecular flexibility index (Phi) is 3.83. The molecule has 10 nitrogen and oxygen atoms in total. The molecule has 0 radical (unpaired) electrons. The van der Waals surface area contributed by atoms with Gasteiger partial charge < -0.3 is 25.4 Å². The van der Waals surface area contributed by atoms with Gasteiger partial charge in [0.05, 0.1) is 25.6 Å². The average molecular weight is 311 g/mol. The molecule has 3 heterocycles. The smallest absolute Gasteiger partial charge is 0.280 e. The van der Waals surface area contributed by atoms with Crippen molar-refractivity contribution in [2.24, 2.45) is 5.92 Å². The maximum atomic E-state index is 11.8. The number of nitrogens with one attached hydrogen (secondary N) is 1. The number of rotatable bonds is 4.